The minimum atomic E-state index is 0.620. The molecule has 0 unspecified atom stereocenters. The zero-order valence-electron chi connectivity index (χ0n) is 13.7. The number of aryl methyl sites for hydroxylation is 2. The van der Waals surface area contributed by atoms with Crippen molar-refractivity contribution in [1.82, 2.24) is 14.8 Å². The summed E-state index contributed by atoms with van der Waals surface area (Å²) < 4.78 is 7.27. The highest BCUT2D eigenvalue weighted by Crippen LogP contribution is 2.20. The smallest absolute Gasteiger partial charge is 0.164 e. The largest absolute Gasteiger partial charge is 0.497 e. The number of nitriles is 1. The van der Waals surface area contributed by atoms with Crippen LogP contribution < -0.4 is 4.74 Å². The molecule has 0 fully saturated rings. The summed E-state index contributed by atoms with van der Waals surface area (Å²) in [4.78, 5) is 0. The number of aromatic nitrogens is 3. The fourth-order valence-electron chi connectivity index (χ4n) is 2.62. The Morgan fingerprint density at radius 2 is 1.92 bits per heavy atom. The van der Waals surface area contributed by atoms with Gasteiger partial charge >= 0.3 is 0 Å². The summed E-state index contributed by atoms with van der Waals surface area (Å²) in [7, 11) is 1.66. The summed E-state index contributed by atoms with van der Waals surface area (Å²) in [5.74, 6) is 2.51. The molecular weight excluding hydrogens is 300 g/mol. The molecule has 0 saturated carbocycles. The molecule has 5 nitrogen and oxygen atoms in total. The van der Waals surface area contributed by atoms with E-state index in [9.17, 15) is 0 Å². The molecule has 0 atom stereocenters. The monoisotopic (exact) mass is 318 g/mol. The average Bonchev–Trinajstić information content (AvgIpc) is 3.01. The maximum absolute atomic E-state index is 9.08. The highest BCUT2D eigenvalue weighted by Gasteiger charge is 2.11. The number of hydrogen-bond donors (Lipinski definition) is 0. The molecule has 2 aromatic carbocycles. The van der Waals surface area contributed by atoms with Gasteiger partial charge in [0.05, 0.1) is 18.7 Å². The molecule has 0 spiro atoms. The SMILES string of the molecule is COc1ccc(CCn2c(C)nnc2-c2cccc(C#N)c2)cc1. The molecule has 0 saturated heterocycles. The van der Waals surface area contributed by atoms with Crippen molar-refractivity contribution in [2.45, 2.75) is 19.9 Å². The lowest BCUT2D eigenvalue weighted by molar-refractivity contribution is 0.414. The number of methoxy groups -OCH3 is 1. The van der Waals surface area contributed by atoms with Gasteiger partial charge in [-0.05, 0) is 43.2 Å². The van der Waals surface area contributed by atoms with Crippen LogP contribution in [0.3, 0.4) is 0 Å². The number of rotatable bonds is 5. The van der Waals surface area contributed by atoms with E-state index >= 15 is 0 Å². The van der Waals surface area contributed by atoms with Gasteiger partial charge in [0.25, 0.3) is 0 Å². The lowest BCUT2D eigenvalue weighted by Crippen LogP contribution is -2.06. The zero-order chi connectivity index (χ0) is 16.9. The van der Waals surface area contributed by atoms with Crippen LogP contribution in [0.15, 0.2) is 48.5 Å². The van der Waals surface area contributed by atoms with Crippen LogP contribution in [0.4, 0.5) is 0 Å². The molecule has 0 N–H and O–H groups in total. The average molecular weight is 318 g/mol. The molecule has 0 radical (unpaired) electrons. The van der Waals surface area contributed by atoms with E-state index in [-0.39, 0.29) is 0 Å². The van der Waals surface area contributed by atoms with Crippen LogP contribution in [0, 0.1) is 18.3 Å². The first-order chi connectivity index (χ1) is 11.7. The molecule has 0 aliphatic heterocycles. The molecule has 3 rings (SSSR count). The van der Waals surface area contributed by atoms with Crippen LogP contribution in [0.5, 0.6) is 5.75 Å². The third kappa shape index (κ3) is 3.28. The summed E-state index contributed by atoms with van der Waals surface area (Å²) in [5, 5.41) is 17.6. The van der Waals surface area contributed by atoms with Crippen LogP contribution in [0.1, 0.15) is 17.0 Å². The van der Waals surface area contributed by atoms with Gasteiger partial charge in [0, 0.05) is 12.1 Å². The van der Waals surface area contributed by atoms with Crippen LogP contribution in [0.25, 0.3) is 11.4 Å². The van der Waals surface area contributed by atoms with Gasteiger partial charge in [-0.3, -0.25) is 0 Å². The van der Waals surface area contributed by atoms with E-state index in [4.69, 9.17) is 10.00 Å². The highest BCUT2D eigenvalue weighted by atomic mass is 16.5. The minimum Gasteiger partial charge on any atom is -0.497 e. The molecule has 1 aromatic heterocycles. The number of nitrogens with zero attached hydrogens (tertiary/aromatic N) is 4. The zero-order valence-corrected chi connectivity index (χ0v) is 13.7. The minimum absolute atomic E-state index is 0.620. The van der Waals surface area contributed by atoms with Crippen LogP contribution in [0.2, 0.25) is 0 Å². The van der Waals surface area contributed by atoms with Gasteiger partial charge in [-0.2, -0.15) is 5.26 Å². The molecular formula is C19H18N4O. The predicted octanol–water partition coefficient (Wildman–Crippen LogP) is 3.38. The van der Waals surface area contributed by atoms with E-state index in [2.05, 4.69) is 33.0 Å². The summed E-state index contributed by atoms with van der Waals surface area (Å²) >= 11 is 0. The maximum Gasteiger partial charge on any atom is 0.164 e. The molecule has 120 valence electrons. The van der Waals surface area contributed by atoms with Gasteiger partial charge in [-0.15, -0.1) is 10.2 Å². The Kier molecular flexibility index (Phi) is 4.57. The summed E-state index contributed by atoms with van der Waals surface area (Å²) in [5.41, 5.74) is 2.75. The maximum atomic E-state index is 9.08. The molecule has 3 aromatic rings. The molecule has 0 aliphatic rings. The van der Waals surface area contributed by atoms with E-state index in [1.54, 1.807) is 13.2 Å². The van der Waals surface area contributed by atoms with Gasteiger partial charge in [0.1, 0.15) is 11.6 Å². The Bertz CT molecular complexity index is 875. The van der Waals surface area contributed by atoms with Crippen LogP contribution >= 0.6 is 0 Å². The fraction of sp³-hybridized carbons (Fsp3) is 0.211. The van der Waals surface area contributed by atoms with Crippen molar-refractivity contribution in [3.05, 3.63) is 65.5 Å². The van der Waals surface area contributed by atoms with E-state index < -0.39 is 0 Å². The van der Waals surface area contributed by atoms with Crippen molar-refractivity contribution in [2.75, 3.05) is 7.11 Å². The Hall–Kier alpha value is -3.13. The standard InChI is InChI=1S/C19H18N4O/c1-14-21-22-19(17-5-3-4-16(12-17)13-20)23(14)11-10-15-6-8-18(24-2)9-7-15/h3-9,12H,10-11H2,1-2H3. The third-order valence-corrected chi connectivity index (χ3v) is 3.97. The van der Waals surface area contributed by atoms with E-state index in [0.29, 0.717) is 5.56 Å². The van der Waals surface area contributed by atoms with Crippen LogP contribution in [-0.4, -0.2) is 21.9 Å². The Morgan fingerprint density at radius 1 is 1.12 bits per heavy atom. The van der Waals surface area contributed by atoms with Crippen LogP contribution in [-0.2, 0) is 13.0 Å². The van der Waals surface area contributed by atoms with E-state index in [1.807, 2.05) is 37.3 Å². The molecule has 24 heavy (non-hydrogen) atoms. The van der Waals surface area contributed by atoms with Crippen molar-refractivity contribution in [3.63, 3.8) is 0 Å². The second kappa shape index (κ2) is 6.97. The Labute approximate surface area is 141 Å². The summed E-state index contributed by atoms with van der Waals surface area (Å²) in [6.45, 7) is 2.72. The number of ether oxygens (including phenoxy) is 1. The first kappa shape index (κ1) is 15.8. The van der Waals surface area contributed by atoms with Crippen molar-refractivity contribution < 1.29 is 4.74 Å². The second-order valence-corrected chi connectivity index (χ2v) is 5.51. The quantitative estimate of drug-likeness (QED) is 0.723. The number of hydrogen-bond acceptors (Lipinski definition) is 4. The first-order valence-corrected chi connectivity index (χ1v) is 7.74. The molecule has 0 bridgehead atoms. The van der Waals surface area contributed by atoms with Gasteiger partial charge in [-0.25, -0.2) is 0 Å². The fourth-order valence-corrected chi connectivity index (χ4v) is 2.62. The lowest BCUT2D eigenvalue weighted by Gasteiger charge is -2.09. The molecule has 0 aliphatic carbocycles. The highest BCUT2D eigenvalue weighted by molar-refractivity contribution is 5.58. The third-order valence-electron chi connectivity index (χ3n) is 3.97. The second-order valence-electron chi connectivity index (χ2n) is 5.51. The van der Waals surface area contributed by atoms with Crippen molar-refractivity contribution in [2.24, 2.45) is 0 Å². The van der Waals surface area contributed by atoms with Crippen molar-refractivity contribution in [1.29, 1.82) is 5.26 Å². The van der Waals surface area contributed by atoms with Crippen molar-refractivity contribution in [3.8, 4) is 23.2 Å². The summed E-state index contributed by atoms with van der Waals surface area (Å²) in [6, 6.07) is 17.7. The predicted molar refractivity (Wildman–Crippen MR) is 91.6 cm³/mol. The lowest BCUT2D eigenvalue weighted by atomic mass is 10.1. The Balaban J connectivity index is 1.83. The van der Waals surface area contributed by atoms with E-state index in [1.165, 1.54) is 5.56 Å². The molecule has 1 heterocycles. The van der Waals surface area contributed by atoms with Gasteiger partial charge < -0.3 is 9.30 Å². The van der Waals surface area contributed by atoms with E-state index in [0.717, 1.165) is 35.9 Å². The van der Waals surface area contributed by atoms with Gasteiger partial charge in [0.2, 0.25) is 0 Å². The number of benzene rings is 2. The first-order valence-electron chi connectivity index (χ1n) is 7.74. The molecule has 0 amide bonds. The van der Waals surface area contributed by atoms with Crippen molar-refractivity contribution >= 4 is 0 Å². The topological polar surface area (TPSA) is 63.7 Å². The summed E-state index contributed by atoms with van der Waals surface area (Å²) in [6.07, 6.45) is 0.869. The molecule has 5 heteroatoms. The van der Waals surface area contributed by atoms with Gasteiger partial charge in [-0.1, -0.05) is 24.3 Å². The van der Waals surface area contributed by atoms with Gasteiger partial charge in [0.15, 0.2) is 5.82 Å². The normalized spacial score (nSPS) is 10.4. The Morgan fingerprint density at radius 3 is 2.62 bits per heavy atom.